The molecule has 0 spiro atoms. The molecule has 0 amide bonds. The van der Waals surface area contributed by atoms with Crippen molar-refractivity contribution >= 4 is 22.9 Å². The zero-order valence-electron chi connectivity index (χ0n) is 14.1. The van der Waals surface area contributed by atoms with Crippen LogP contribution in [0.5, 0.6) is 0 Å². The van der Waals surface area contributed by atoms with Gasteiger partial charge in [-0.15, -0.1) is 0 Å². The van der Waals surface area contributed by atoms with Crippen LogP contribution in [0.25, 0.3) is 17.1 Å². The van der Waals surface area contributed by atoms with Crippen molar-refractivity contribution in [1.29, 1.82) is 0 Å². The lowest BCUT2D eigenvalue weighted by Gasteiger charge is -2.25. The van der Waals surface area contributed by atoms with Crippen molar-refractivity contribution in [3.8, 4) is 0 Å². The Morgan fingerprint density at radius 3 is 2.65 bits per heavy atom. The molecule has 2 heterocycles. The minimum absolute atomic E-state index is 0.185. The smallest absolute Gasteiger partial charge is 0.314 e. The first-order chi connectivity index (χ1) is 12.6. The number of ketones is 1. The molecule has 132 valence electrons. The predicted octanol–water partition coefficient (Wildman–Crippen LogP) is 2.11. The van der Waals surface area contributed by atoms with E-state index in [4.69, 9.17) is 0 Å². The summed E-state index contributed by atoms with van der Waals surface area (Å²) in [4.78, 5) is 40.2. The number of aromatic amines is 2. The van der Waals surface area contributed by atoms with Crippen LogP contribution in [0.4, 0.5) is 0 Å². The number of benzene rings is 1. The molecule has 1 aliphatic rings. The Kier molecular flexibility index (Phi) is 4.12. The highest BCUT2D eigenvalue weighted by molar-refractivity contribution is 6.08. The molecule has 7 nitrogen and oxygen atoms in total. The van der Waals surface area contributed by atoms with Gasteiger partial charge in [-0.05, 0) is 55.2 Å². The summed E-state index contributed by atoms with van der Waals surface area (Å²) in [5.41, 5.74) is 0.775. The van der Waals surface area contributed by atoms with E-state index in [1.54, 1.807) is 30.5 Å². The maximum absolute atomic E-state index is 12.5. The summed E-state index contributed by atoms with van der Waals surface area (Å²) in [6.45, 7) is 0.880. The van der Waals surface area contributed by atoms with Crippen LogP contribution >= 0.6 is 0 Å². The molecule has 0 radical (unpaired) electrons. The molecule has 3 aromatic rings. The van der Waals surface area contributed by atoms with Crippen LogP contribution in [-0.4, -0.2) is 25.5 Å². The number of hydrogen-bond acceptors (Lipinski definition) is 4. The van der Waals surface area contributed by atoms with Gasteiger partial charge >= 0.3 is 11.1 Å². The average Bonchev–Trinajstić information content (AvgIpc) is 3.04. The second-order valence-electron chi connectivity index (χ2n) is 6.60. The number of rotatable bonds is 5. The molecule has 0 saturated heterocycles. The molecule has 2 N–H and O–H groups in total. The van der Waals surface area contributed by atoms with Crippen molar-refractivity contribution in [2.45, 2.75) is 25.8 Å². The van der Waals surface area contributed by atoms with E-state index in [0.717, 1.165) is 12.2 Å². The molecule has 4 rings (SSSR count). The maximum atomic E-state index is 12.5. The maximum Gasteiger partial charge on any atom is 0.314 e. The fourth-order valence-electron chi connectivity index (χ4n) is 3.08. The van der Waals surface area contributed by atoms with E-state index in [2.05, 4.69) is 15.1 Å². The summed E-state index contributed by atoms with van der Waals surface area (Å²) in [7, 11) is 0. The number of nitrogens with one attached hydrogen (secondary N) is 2. The van der Waals surface area contributed by atoms with E-state index in [1.807, 2.05) is 10.7 Å². The molecule has 1 fully saturated rings. The topological polar surface area (TPSA) is 101 Å². The van der Waals surface area contributed by atoms with Crippen LogP contribution in [0.3, 0.4) is 0 Å². The van der Waals surface area contributed by atoms with Gasteiger partial charge in [0.2, 0.25) is 0 Å². The molecule has 7 heteroatoms. The van der Waals surface area contributed by atoms with E-state index in [9.17, 15) is 14.4 Å². The van der Waals surface area contributed by atoms with E-state index >= 15 is 0 Å². The fraction of sp³-hybridized carbons (Fsp3) is 0.263. The summed E-state index contributed by atoms with van der Waals surface area (Å²) < 4.78 is 1.93. The average molecular weight is 350 g/mol. The van der Waals surface area contributed by atoms with Crippen LogP contribution in [0, 0.1) is 5.92 Å². The number of carbonyl (C=O) groups excluding carboxylic acids is 1. The minimum Gasteiger partial charge on any atom is -0.316 e. The number of hydrogen-bond donors (Lipinski definition) is 2. The lowest BCUT2D eigenvalue weighted by Crippen LogP contribution is -2.28. The first-order valence-electron chi connectivity index (χ1n) is 8.61. The summed E-state index contributed by atoms with van der Waals surface area (Å²) in [5, 5.41) is 4.33. The monoisotopic (exact) mass is 350 g/mol. The summed E-state index contributed by atoms with van der Waals surface area (Å²) in [5.74, 6) is 0.493. The van der Waals surface area contributed by atoms with E-state index in [0.29, 0.717) is 22.5 Å². The number of allylic oxidation sites excluding steroid dienone is 1. The van der Waals surface area contributed by atoms with Crippen LogP contribution < -0.4 is 11.1 Å². The normalized spacial score (nSPS) is 14.8. The van der Waals surface area contributed by atoms with Gasteiger partial charge in [0.1, 0.15) is 0 Å². The SMILES string of the molecule is O=C(/C=C/c1ccnn1CC1CCC1)c1ccc2[nH]c(=O)c(=O)[nH]c2c1. The van der Waals surface area contributed by atoms with Crippen LogP contribution in [-0.2, 0) is 6.54 Å². The van der Waals surface area contributed by atoms with Crippen molar-refractivity contribution in [1.82, 2.24) is 19.7 Å². The predicted molar refractivity (Wildman–Crippen MR) is 98.1 cm³/mol. The molecular formula is C19H18N4O3. The quantitative estimate of drug-likeness (QED) is 0.418. The van der Waals surface area contributed by atoms with Crippen molar-refractivity contribution in [2.75, 3.05) is 0 Å². The molecule has 1 saturated carbocycles. The molecule has 26 heavy (non-hydrogen) atoms. The first kappa shape index (κ1) is 16.3. The van der Waals surface area contributed by atoms with Gasteiger partial charge in [0.25, 0.3) is 0 Å². The Bertz CT molecular complexity index is 1120. The number of nitrogens with zero attached hydrogens (tertiary/aromatic N) is 2. The highest BCUT2D eigenvalue weighted by atomic mass is 16.2. The first-order valence-corrected chi connectivity index (χ1v) is 8.61. The number of aromatic nitrogens is 4. The van der Waals surface area contributed by atoms with Gasteiger partial charge in [0.05, 0.1) is 16.7 Å². The van der Waals surface area contributed by atoms with E-state index < -0.39 is 11.1 Å². The molecule has 1 aromatic carbocycles. The molecule has 0 bridgehead atoms. The Morgan fingerprint density at radius 1 is 1.15 bits per heavy atom. The Morgan fingerprint density at radius 2 is 1.92 bits per heavy atom. The van der Waals surface area contributed by atoms with Crippen molar-refractivity contribution in [3.05, 3.63) is 68.5 Å². The zero-order chi connectivity index (χ0) is 18.1. The fourth-order valence-corrected chi connectivity index (χ4v) is 3.08. The van der Waals surface area contributed by atoms with Crippen LogP contribution in [0.15, 0.2) is 46.1 Å². The van der Waals surface area contributed by atoms with Gasteiger partial charge in [0.15, 0.2) is 5.78 Å². The molecule has 0 unspecified atom stereocenters. The van der Waals surface area contributed by atoms with E-state index in [-0.39, 0.29) is 5.78 Å². The van der Waals surface area contributed by atoms with Gasteiger partial charge in [-0.3, -0.25) is 19.1 Å². The van der Waals surface area contributed by atoms with Gasteiger partial charge in [-0.25, -0.2) is 0 Å². The number of H-pyrrole nitrogens is 2. The zero-order valence-corrected chi connectivity index (χ0v) is 14.1. The molecule has 0 atom stereocenters. The second-order valence-corrected chi connectivity index (χ2v) is 6.60. The molecular weight excluding hydrogens is 332 g/mol. The summed E-state index contributed by atoms with van der Waals surface area (Å²) in [6.07, 6.45) is 8.75. The van der Waals surface area contributed by atoms with Crippen LogP contribution in [0.1, 0.15) is 35.3 Å². The third kappa shape index (κ3) is 3.15. The second kappa shape index (κ2) is 6.59. The van der Waals surface area contributed by atoms with E-state index in [1.165, 1.54) is 25.3 Å². The van der Waals surface area contributed by atoms with Crippen molar-refractivity contribution in [3.63, 3.8) is 0 Å². The molecule has 2 aromatic heterocycles. The summed E-state index contributed by atoms with van der Waals surface area (Å²) in [6, 6.07) is 6.67. The van der Waals surface area contributed by atoms with Gasteiger partial charge in [-0.2, -0.15) is 5.10 Å². The van der Waals surface area contributed by atoms with Crippen molar-refractivity contribution < 1.29 is 4.79 Å². The Hall–Kier alpha value is -3.22. The lowest BCUT2D eigenvalue weighted by molar-refractivity contribution is 0.104. The highest BCUT2D eigenvalue weighted by Crippen LogP contribution is 2.28. The van der Waals surface area contributed by atoms with Gasteiger partial charge in [0, 0.05) is 18.3 Å². The largest absolute Gasteiger partial charge is 0.316 e. The standard InChI is InChI=1S/C19H18N4O3/c24-17(7-5-14-8-9-20-23(14)11-12-2-1-3-12)13-4-6-15-16(10-13)22-19(26)18(25)21-15/h4-10,12H,1-3,11H2,(H,21,25)(H,22,26)/b7-5+. The van der Waals surface area contributed by atoms with Gasteiger partial charge < -0.3 is 9.97 Å². The summed E-state index contributed by atoms with van der Waals surface area (Å²) >= 11 is 0. The Labute approximate surface area is 148 Å². The highest BCUT2D eigenvalue weighted by Gasteiger charge is 2.18. The molecule has 1 aliphatic carbocycles. The Balaban J connectivity index is 1.56. The lowest BCUT2D eigenvalue weighted by atomic mass is 9.85. The third-order valence-corrected chi connectivity index (χ3v) is 4.82. The van der Waals surface area contributed by atoms with Crippen molar-refractivity contribution in [2.24, 2.45) is 5.92 Å². The minimum atomic E-state index is -0.738. The number of fused-ring (bicyclic) bond motifs is 1. The van der Waals surface area contributed by atoms with Gasteiger partial charge in [-0.1, -0.05) is 6.42 Å². The third-order valence-electron chi connectivity index (χ3n) is 4.82. The number of carbonyl (C=O) groups is 1. The van der Waals surface area contributed by atoms with Crippen LogP contribution in [0.2, 0.25) is 0 Å². The molecule has 0 aliphatic heterocycles.